The number of rotatable bonds is 8. The van der Waals surface area contributed by atoms with E-state index in [0.717, 1.165) is 18.4 Å². The molecule has 1 atom stereocenters. The molecule has 7 nitrogen and oxygen atoms in total. The van der Waals surface area contributed by atoms with Gasteiger partial charge in [-0.25, -0.2) is 4.79 Å². The zero-order valence-electron chi connectivity index (χ0n) is 16.3. The van der Waals surface area contributed by atoms with Crippen molar-refractivity contribution in [3.8, 4) is 0 Å². The number of ether oxygens (including phenoxy) is 2. The van der Waals surface area contributed by atoms with Gasteiger partial charge < -0.3 is 20.1 Å². The molecule has 0 spiro atoms. The van der Waals surface area contributed by atoms with Crippen LogP contribution in [0.5, 0.6) is 0 Å². The van der Waals surface area contributed by atoms with Crippen LogP contribution in [0.15, 0.2) is 30.3 Å². The van der Waals surface area contributed by atoms with Gasteiger partial charge in [-0.3, -0.25) is 10.1 Å². The van der Waals surface area contributed by atoms with Crippen LogP contribution in [0.1, 0.15) is 44.6 Å². The van der Waals surface area contributed by atoms with Crippen molar-refractivity contribution in [2.45, 2.75) is 50.7 Å². The van der Waals surface area contributed by atoms with Crippen molar-refractivity contribution in [3.05, 3.63) is 35.9 Å². The van der Waals surface area contributed by atoms with Gasteiger partial charge in [-0.2, -0.15) is 0 Å². The summed E-state index contributed by atoms with van der Waals surface area (Å²) in [5.41, 5.74) is 5.99. The Morgan fingerprint density at radius 2 is 1.93 bits per heavy atom. The number of nitrogens with two attached hydrogens (primary N) is 1. The number of amides is 3. The zero-order chi connectivity index (χ0) is 19.7. The molecule has 1 aromatic carbocycles. The van der Waals surface area contributed by atoms with Crippen molar-refractivity contribution in [1.82, 2.24) is 10.2 Å². The maximum atomic E-state index is 12.9. The molecule has 0 aromatic heterocycles. The van der Waals surface area contributed by atoms with Crippen molar-refractivity contribution in [3.63, 3.8) is 0 Å². The normalized spacial score (nSPS) is 17.4. The molecule has 0 bridgehead atoms. The number of nitrogens with one attached hydrogen (secondary N) is 1. The van der Waals surface area contributed by atoms with E-state index < -0.39 is 17.5 Å². The number of hydrogen-bond acceptors (Lipinski definition) is 5. The fourth-order valence-electron chi connectivity index (χ4n) is 3.26. The van der Waals surface area contributed by atoms with Gasteiger partial charge in [0.2, 0.25) is 0 Å². The van der Waals surface area contributed by atoms with Crippen LogP contribution >= 0.6 is 0 Å². The van der Waals surface area contributed by atoms with Gasteiger partial charge in [0.05, 0.1) is 6.10 Å². The van der Waals surface area contributed by atoms with Crippen LogP contribution < -0.4 is 11.1 Å². The summed E-state index contributed by atoms with van der Waals surface area (Å²) in [6.07, 6.45) is 3.71. The predicted octanol–water partition coefficient (Wildman–Crippen LogP) is 2.35. The quantitative estimate of drug-likeness (QED) is 0.678. The van der Waals surface area contributed by atoms with Crippen LogP contribution in [0.2, 0.25) is 0 Å². The summed E-state index contributed by atoms with van der Waals surface area (Å²) in [4.78, 5) is 27.1. The van der Waals surface area contributed by atoms with E-state index in [0.29, 0.717) is 32.4 Å². The van der Waals surface area contributed by atoms with Crippen LogP contribution in [0.25, 0.3) is 0 Å². The molecule has 0 radical (unpaired) electrons. The summed E-state index contributed by atoms with van der Waals surface area (Å²) in [6, 6.07) is 8.85. The van der Waals surface area contributed by atoms with E-state index in [1.54, 1.807) is 12.0 Å². The van der Waals surface area contributed by atoms with Gasteiger partial charge in [-0.15, -0.1) is 0 Å². The summed E-state index contributed by atoms with van der Waals surface area (Å²) < 4.78 is 10.4. The minimum atomic E-state index is -1.22. The van der Waals surface area contributed by atoms with Gasteiger partial charge in [-0.05, 0) is 24.8 Å². The van der Waals surface area contributed by atoms with E-state index in [4.69, 9.17) is 15.2 Å². The lowest BCUT2D eigenvalue weighted by atomic mass is 9.85. The van der Waals surface area contributed by atoms with Gasteiger partial charge in [0, 0.05) is 20.2 Å². The number of nitrogens with zero attached hydrogens (tertiary/aromatic N) is 1. The molecule has 27 heavy (non-hydrogen) atoms. The lowest BCUT2D eigenvalue weighted by Crippen LogP contribution is -2.56. The maximum absolute atomic E-state index is 12.9. The number of carbonyl (C=O) groups is 2. The summed E-state index contributed by atoms with van der Waals surface area (Å²) in [5, 5.41) is 2.51. The molecule has 1 aliphatic heterocycles. The lowest BCUT2D eigenvalue weighted by Gasteiger charge is -2.33. The Morgan fingerprint density at radius 1 is 1.26 bits per heavy atom. The number of benzene rings is 1. The lowest BCUT2D eigenvalue weighted by molar-refractivity contribution is -0.126. The highest BCUT2D eigenvalue weighted by Crippen LogP contribution is 2.25. The summed E-state index contributed by atoms with van der Waals surface area (Å²) in [5.74, 6) is -0.454. The van der Waals surface area contributed by atoms with Crippen molar-refractivity contribution in [2.75, 3.05) is 27.0 Å². The van der Waals surface area contributed by atoms with Crippen molar-refractivity contribution in [2.24, 2.45) is 5.73 Å². The molecule has 1 fully saturated rings. The first-order valence-corrected chi connectivity index (χ1v) is 9.56. The summed E-state index contributed by atoms with van der Waals surface area (Å²) in [7, 11) is 1.58. The predicted molar refractivity (Wildman–Crippen MR) is 103 cm³/mol. The molecular formula is C20H31N3O4. The third-order valence-electron chi connectivity index (χ3n) is 4.99. The number of likely N-dealkylation sites (tertiary alicyclic amines) is 1. The fourth-order valence-corrected chi connectivity index (χ4v) is 3.26. The first-order chi connectivity index (χ1) is 13.0. The molecular weight excluding hydrogens is 346 g/mol. The maximum Gasteiger partial charge on any atom is 0.324 e. The number of imide groups is 1. The van der Waals surface area contributed by atoms with Crippen molar-refractivity contribution in [1.29, 1.82) is 0 Å². The Labute approximate surface area is 161 Å². The van der Waals surface area contributed by atoms with E-state index in [1.807, 2.05) is 37.3 Å². The van der Waals surface area contributed by atoms with E-state index in [1.165, 1.54) is 0 Å². The average molecular weight is 377 g/mol. The summed E-state index contributed by atoms with van der Waals surface area (Å²) in [6.45, 7) is 3.36. The molecule has 7 heteroatoms. The number of piperidine rings is 1. The third-order valence-corrected chi connectivity index (χ3v) is 4.99. The number of unbranched alkanes of at least 4 members (excludes halogenated alkanes) is 1. The first kappa shape index (κ1) is 21.3. The largest absolute Gasteiger partial charge is 0.359 e. The van der Waals surface area contributed by atoms with E-state index in [2.05, 4.69) is 5.32 Å². The second-order valence-corrected chi connectivity index (χ2v) is 6.96. The third kappa shape index (κ3) is 5.76. The number of carbonyl (C=O) groups excluding carboxylic acids is 2. The Hall–Kier alpha value is -1.96. The van der Waals surface area contributed by atoms with Crippen LogP contribution in [-0.2, 0) is 19.8 Å². The molecule has 0 aliphatic carbocycles. The monoisotopic (exact) mass is 377 g/mol. The first-order valence-electron chi connectivity index (χ1n) is 9.56. The Bertz CT molecular complexity index is 603. The van der Waals surface area contributed by atoms with E-state index >= 15 is 0 Å². The molecule has 1 aliphatic rings. The Morgan fingerprint density at radius 3 is 2.52 bits per heavy atom. The highest BCUT2D eigenvalue weighted by Gasteiger charge is 2.37. The highest BCUT2D eigenvalue weighted by molar-refractivity contribution is 5.99. The molecule has 3 N–H and O–H groups in total. The Balaban J connectivity index is 1.97. The topological polar surface area (TPSA) is 93.9 Å². The minimum absolute atomic E-state index is 0.0761. The molecule has 0 saturated carbocycles. The van der Waals surface area contributed by atoms with Gasteiger partial charge in [0.1, 0.15) is 12.3 Å². The number of methoxy groups -OCH3 is 1. The molecule has 150 valence electrons. The molecule has 3 amide bonds. The van der Waals surface area contributed by atoms with E-state index in [9.17, 15) is 9.59 Å². The summed E-state index contributed by atoms with van der Waals surface area (Å²) >= 11 is 0. The molecule has 2 rings (SSSR count). The van der Waals surface area contributed by atoms with Gasteiger partial charge in [-0.1, -0.05) is 50.1 Å². The fraction of sp³-hybridized carbons (Fsp3) is 0.600. The number of urea groups is 1. The minimum Gasteiger partial charge on any atom is -0.359 e. The second-order valence-electron chi connectivity index (χ2n) is 6.96. The second kappa shape index (κ2) is 10.4. The number of hydrogen-bond donors (Lipinski definition) is 2. The average Bonchev–Trinajstić information content (AvgIpc) is 2.71. The van der Waals surface area contributed by atoms with Gasteiger partial charge >= 0.3 is 6.03 Å². The van der Waals surface area contributed by atoms with Crippen LogP contribution in [0.3, 0.4) is 0 Å². The van der Waals surface area contributed by atoms with Crippen LogP contribution in [-0.4, -0.2) is 49.9 Å². The SMILES string of the molecule is CCCC[C@](N)(C(=O)NC(=O)N1CCC(OCOC)CC1)c1ccccc1. The van der Waals surface area contributed by atoms with Crippen molar-refractivity contribution < 1.29 is 19.1 Å². The molecule has 0 unspecified atom stereocenters. The molecule has 1 heterocycles. The van der Waals surface area contributed by atoms with E-state index in [-0.39, 0.29) is 12.9 Å². The van der Waals surface area contributed by atoms with Gasteiger partial charge in [0.15, 0.2) is 0 Å². The van der Waals surface area contributed by atoms with Gasteiger partial charge in [0.25, 0.3) is 5.91 Å². The Kier molecular flexibility index (Phi) is 8.22. The zero-order valence-corrected chi connectivity index (χ0v) is 16.3. The highest BCUT2D eigenvalue weighted by atomic mass is 16.7. The smallest absolute Gasteiger partial charge is 0.324 e. The van der Waals surface area contributed by atoms with Crippen LogP contribution in [0, 0.1) is 0 Å². The van der Waals surface area contributed by atoms with Crippen LogP contribution in [0.4, 0.5) is 4.79 Å². The van der Waals surface area contributed by atoms with Crippen molar-refractivity contribution >= 4 is 11.9 Å². The molecule has 1 saturated heterocycles. The molecule has 1 aromatic rings. The standard InChI is InChI=1S/C20H31N3O4/c1-3-4-12-20(21,16-8-6-5-7-9-16)18(24)22-19(25)23-13-10-17(11-14-23)27-15-26-2/h5-9,17H,3-4,10-15,21H2,1-2H3,(H,22,24,25)/t20-/m1/s1.